The van der Waals surface area contributed by atoms with Gasteiger partial charge in [-0.25, -0.2) is 0 Å². The van der Waals surface area contributed by atoms with E-state index in [1.54, 1.807) is 0 Å². The molecule has 9 aromatic carbocycles. The normalized spacial score (nSPS) is 14.1. The van der Waals surface area contributed by atoms with Gasteiger partial charge in [0.1, 0.15) is 22.5 Å². The molecule has 68 heavy (non-hydrogen) atoms. The summed E-state index contributed by atoms with van der Waals surface area (Å²) in [6.07, 6.45) is 0. The summed E-state index contributed by atoms with van der Waals surface area (Å²) in [4.78, 5) is 2.52. The van der Waals surface area contributed by atoms with Crippen LogP contribution < -0.4 is 21.3 Å². The second kappa shape index (κ2) is 12.0. The summed E-state index contributed by atoms with van der Waals surface area (Å²) in [5, 5.41) is 4.78. The largest absolute Gasteiger partial charge is 0.456 e. The van der Waals surface area contributed by atoms with Crippen LogP contribution in [0.3, 0.4) is 0 Å². The van der Waals surface area contributed by atoms with Gasteiger partial charge in [0.05, 0.1) is 49.9 Å². The Morgan fingerprint density at radius 1 is 0.426 bits per heavy atom. The minimum atomic E-state index is -0.191. The second-order valence-electron chi connectivity index (χ2n) is 19.6. The number of hydrogen-bond donors (Lipinski definition) is 0. The number of furan rings is 1. The van der Waals surface area contributed by atoms with Crippen LogP contribution in [0.1, 0.15) is 25.0 Å². The highest BCUT2D eigenvalue weighted by atomic mass is 16.3. The van der Waals surface area contributed by atoms with Crippen LogP contribution in [-0.4, -0.2) is 24.6 Å². The van der Waals surface area contributed by atoms with E-state index in [0.717, 1.165) is 39.0 Å². The van der Waals surface area contributed by atoms with Crippen LogP contribution in [0.5, 0.6) is 0 Å². The molecule has 316 valence electrons. The monoisotopic (exact) mass is 867 g/mol. The minimum absolute atomic E-state index is 0.0403. The van der Waals surface area contributed by atoms with Crippen molar-refractivity contribution in [2.75, 3.05) is 4.90 Å². The fourth-order valence-electron chi connectivity index (χ4n) is 13.4. The van der Waals surface area contributed by atoms with Crippen molar-refractivity contribution in [3.8, 4) is 22.5 Å². The maximum atomic E-state index is 6.67. The number of rotatable bonds is 3. The van der Waals surface area contributed by atoms with Crippen LogP contribution in [0.15, 0.2) is 199 Å². The Morgan fingerprint density at radius 3 is 1.62 bits per heavy atom. The zero-order valence-corrected chi connectivity index (χ0v) is 37.2. The molecule has 7 heterocycles. The van der Waals surface area contributed by atoms with Crippen molar-refractivity contribution in [1.82, 2.24) is 17.9 Å². The molecule has 0 bridgehead atoms. The van der Waals surface area contributed by atoms with Crippen LogP contribution in [0.25, 0.3) is 99.6 Å². The van der Waals surface area contributed by atoms with Crippen molar-refractivity contribution in [1.29, 1.82) is 0 Å². The van der Waals surface area contributed by atoms with Gasteiger partial charge in [0.15, 0.2) is 0 Å². The molecule has 0 amide bonds. The molecule has 14 aromatic rings. The van der Waals surface area contributed by atoms with Gasteiger partial charge in [-0.15, -0.1) is 0 Å². The van der Waals surface area contributed by atoms with Crippen LogP contribution in [-0.2, 0) is 5.41 Å². The van der Waals surface area contributed by atoms with Crippen LogP contribution in [0, 0.1) is 0 Å². The first-order valence-corrected chi connectivity index (χ1v) is 23.7. The molecular weight excluding hydrogens is 830 g/mol. The predicted octanol–water partition coefficient (Wildman–Crippen LogP) is 13.2. The highest BCUT2D eigenvalue weighted by Crippen LogP contribution is 2.52. The Morgan fingerprint density at radius 2 is 0.956 bits per heavy atom. The van der Waals surface area contributed by atoms with Gasteiger partial charge < -0.3 is 9.32 Å². The average Bonchev–Trinajstić information content (AvgIpc) is 4.21. The summed E-state index contributed by atoms with van der Waals surface area (Å²) in [7, 11) is 0. The lowest BCUT2D eigenvalue weighted by Crippen LogP contribution is -2.59. The third-order valence-corrected chi connectivity index (χ3v) is 16.1. The molecule has 0 saturated carbocycles. The standard InChI is InChI=1S/C61H38BN5O/c1-61(2)42-20-7-3-16-37(42)38-31-30-35(32-43(38)61)63(50-27-15-29-54-55(50)41-19-6-14-28-53(41)68-54)36-33-51-58-52(34-36)67-49-26-13-11-24-47(49)65-45-22-9-5-18-40(45)57(60(65)67)62(58)56-39-17-4-8-21-44(39)64-46-23-10-12-25-48(46)66(51)59(56)64/h3-34H,1-2H3. The first-order valence-electron chi connectivity index (χ1n) is 23.7. The second-order valence-corrected chi connectivity index (χ2v) is 19.6. The SMILES string of the molecule is CC1(C)c2ccccc2-c2ccc(N(c3cc4c5c(c3)-n3c6ccccc6n6c7ccccc7c(c36)B5c3c5ccccc5n5c6ccccc6n-4c35)c3cccc4oc5ccccc5c34)cc21. The van der Waals surface area contributed by atoms with Crippen molar-refractivity contribution in [2.45, 2.75) is 19.3 Å². The Balaban J connectivity index is 1.07. The third kappa shape index (κ3) is 4.03. The predicted molar refractivity (Wildman–Crippen MR) is 281 cm³/mol. The molecule has 0 unspecified atom stereocenters. The number of anilines is 3. The van der Waals surface area contributed by atoms with E-state index < -0.39 is 0 Å². The molecule has 0 radical (unpaired) electrons. The molecule has 0 N–H and O–H groups in total. The molecular formula is C61H38BN5O. The van der Waals surface area contributed by atoms with E-state index in [1.807, 2.05) is 0 Å². The number of nitrogens with zero attached hydrogens (tertiary/aromatic N) is 5. The summed E-state index contributed by atoms with van der Waals surface area (Å²) in [6.45, 7) is 4.71. The van der Waals surface area contributed by atoms with Crippen molar-refractivity contribution in [3.05, 3.63) is 205 Å². The van der Waals surface area contributed by atoms with E-state index >= 15 is 0 Å². The molecule has 3 aliphatic rings. The van der Waals surface area contributed by atoms with Crippen molar-refractivity contribution in [2.24, 2.45) is 0 Å². The molecule has 0 saturated heterocycles. The highest BCUT2D eigenvalue weighted by Gasteiger charge is 2.46. The summed E-state index contributed by atoms with van der Waals surface area (Å²) in [5.41, 5.74) is 26.3. The van der Waals surface area contributed by atoms with Gasteiger partial charge in [-0.2, -0.15) is 0 Å². The van der Waals surface area contributed by atoms with Crippen LogP contribution >= 0.6 is 0 Å². The number of fused-ring (bicyclic) bond motifs is 22. The van der Waals surface area contributed by atoms with E-state index in [9.17, 15) is 0 Å². The van der Waals surface area contributed by atoms with Crippen molar-refractivity contribution >= 4 is 117 Å². The number of benzene rings is 9. The smallest absolute Gasteiger partial charge is 0.258 e. The molecule has 17 rings (SSSR count). The first-order chi connectivity index (χ1) is 33.5. The summed E-state index contributed by atoms with van der Waals surface area (Å²) in [5.74, 6) is 0. The molecule has 6 nitrogen and oxygen atoms in total. The van der Waals surface area contributed by atoms with Gasteiger partial charge in [-0.05, 0) is 128 Å². The van der Waals surface area contributed by atoms with Crippen molar-refractivity contribution in [3.63, 3.8) is 0 Å². The molecule has 2 aliphatic heterocycles. The lowest BCUT2D eigenvalue weighted by Gasteiger charge is -2.34. The number of hydrogen-bond acceptors (Lipinski definition) is 2. The lowest BCUT2D eigenvalue weighted by atomic mass is 9.34. The number of aromatic nitrogens is 4. The van der Waals surface area contributed by atoms with Gasteiger partial charge in [-0.3, -0.25) is 17.9 Å². The maximum absolute atomic E-state index is 6.67. The Bertz CT molecular complexity index is 4450. The number of para-hydroxylation sites is 7. The van der Waals surface area contributed by atoms with E-state index in [2.05, 4.69) is 231 Å². The minimum Gasteiger partial charge on any atom is -0.456 e. The van der Waals surface area contributed by atoms with E-state index in [-0.39, 0.29) is 12.1 Å². The Hall–Kier alpha value is -8.68. The fraction of sp³-hybridized carbons (Fsp3) is 0.0492. The maximum Gasteiger partial charge on any atom is 0.258 e. The first kappa shape index (κ1) is 35.6. The van der Waals surface area contributed by atoms with Gasteiger partial charge >= 0.3 is 0 Å². The quantitative estimate of drug-likeness (QED) is 0.166. The fourth-order valence-corrected chi connectivity index (χ4v) is 13.4. The Labute approximate surface area is 389 Å². The van der Waals surface area contributed by atoms with Gasteiger partial charge in [0.25, 0.3) is 6.71 Å². The summed E-state index contributed by atoms with van der Waals surface area (Å²) >= 11 is 0. The van der Waals surface area contributed by atoms with Gasteiger partial charge in [0, 0.05) is 27.9 Å². The lowest BCUT2D eigenvalue weighted by molar-refractivity contribution is 0.660. The molecule has 5 aromatic heterocycles. The van der Waals surface area contributed by atoms with Crippen molar-refractivity contribution < 1.29 is 4.42 Å². The van der Waals surface area contributed by atoms with Gasteiger partial charge in [-0.1, -0.05) is 129 Å². The molecule has 1 aliphatic carbocycles. The van der Waals surface area contributed by atoms with Gasteiger partial charge in [0.2, 0.25) is 0 Å². The molecule has 0 spiro atoms. The zero-order valence-electron chi connectivity index (χ0n) is 37.2. The van der Waals surface area contributed by atoms with Crippen LogP contribution in [0.2, 0.25) is 0 Å². The Kier molecular flexibility index (Phi) is 6.28. The number of imidazole rings is 2. The highest BCUT2D eigenvalue weighted by molar-refractivity contribution is 7.02. The summed E-state index contributed by atoms with van der Waals surface area (Å²) < 4.78 is 16.9. The average molecular weight is 868 g/mol. The molecule has 0 atom stereocenters. The van der Waals surface area contributed by atoms with E-state index in [4.69, 9.17) is 4.42 Å². The molecule has 7 heteroatoms. The van der Waals surface area contributed by atoms with E-state index in [1.165, 1.54) is 105 Å². The zero-order chi connectivity index (χ0) is 44.3. The van der Waals surface area contributed by atoms with E-state index in [0.29, 0.717) is 0 Å². The summed E-state index contributed by atoms with van der Waals surface area (Å²) in [6, 6.07) is 72.2. The molecule has 0 fully saturated rings. The topological polar surface area (TPSA) is 35.1 Å². The van der Waals surface area contributed by atoms with Crippen LogP contribution in [0.4, 0.5) is 17.1 Å². The third-order valence-electron chi connectivity index (χ3n) is 16.1.